The summed E-state index contributed by atoms with van der Waals surface area (Å²) < 4.78 is 15.3. The lowest BCUT2D eigenvalue weighted by atomic mass is 10.2. The second kappa shape index (κ2) is 3.57. The number of hydrogen-bond donors (Lipinski definition) is 1. The van der Waals surface area contributed by atoms with Gasteiger partial charge in [0.25, 0.3) is 0 Å². The van der Waals surface area contributed by atoms with Crippen molar-refractivity contribution in [1.82, 2.24) is 4.57 Å². The van der Waals surface area contributed by atoms with E-state index in [1.54, 1.807) is 6.07 Å². The Bertz CT molecular complexity index is 488. The molecule has 0 radical (unpaired) electrons. The molecule has 0 aliphatic heterocycles. The number of benzene rings is 1. The van der Waals surface area contributed by atoms with Crippen LogP contribution < -0.4 is 5.73 Å². The van der Waals surface area contributed by atoms with E-state index in [1.165, 1.54) is 6.07 Å². The highest BCUT2D eigenvalue weighted by atomic mass is 19.1. The zero-order valence-electron chi connectivity index (χ0n) is 9.00. The van der Waals surface area contributed by atoms with E-state index in [9.17, 15) is 4.39 Å². The van der Waals surface area contributed by atoms with Crippen molar-refractivity contribution in [2.75, 3.05) is 5.73 Å². The maximum Gasteiger partial charge on any atom is 0.146 e. The standard InChI is InChI=1S/C12H15FN2/c1-3-8(2)15-5-4-9-6-10(13)11(14)7-12(9)15/h4-8H,3,14H2,1-2H3. The van der Waals surface area contributed by atoms with Gasteiger partial charge in [-0.25, -0.2) is 4.39 Å². The van der Waals surface area contributed by atoms with Gasteiger partial charge in [-0.3, -0.25) is 0 Å². The number of halogens is 1. The Morgan fingerprint density at radius 1 is 1.47 bits per heavy atom. The van der Waals surface area contributed by atoms with Crippen molar-refractivity contribution < 1.29 is 4.39 Å². The molecular weight excluding hydrogens is 191 g/mol. The molecule has 2 nitrogen and oxygen atoms in total. The maximum absolute atomic E-state index is 13.2. The molecule has 80 valence electrons. The molecule has 0 fully saturated rings. The summed E-state index contributed by atoms with van der Waals surface area (Å²) >= 11 is 0. The number of nitrogens with zero attached hydrogens (tertiary/aromatic N) is 1. The molecule has 1 aromatic heterocycles. The summed E-state index contributed by atoms with van der Waals surface area (Å²) in [6, 6.07) is 5.53. The number of nitrogens with two attached hydrogens (primary N) is 1. The Morgan fingerprint density at radius 3 is 2.87 bits per heavy atom. The zero-order valence-corrected chi connectivity index (χ0v) is 9.00. The van der Waals surface area contributed by atoms with Gasteiger partial charge < -0.3 is 10.3 Å². The van der Waals surface area contributed by atoms with Crippen LogP contribution in [0.3, 0.4) is 0 Å². The molecule has 0 aliphatic carbocycles. The first kappa shape index (κ1) is 10.0. The van der Waals surface area contributed by atoms with Crippen LogP contribution >= 0.6 is 0 Å². The van der Waals surface area contributed by atoms with E-state index in [-0.39, 0.29) is 11.5 Å². The Hall–Kier alpha value is -1.51. The van der Waals surface area contributed by atoms with Crippen molar-refractivity contribution >= 4 is 16.6 Å². The summed E-state index contributed by atoms with van der Waals surface area (Å²) in [5.74, 6) is -0.343. The topological polar surface area (TPSA) is 30.9 Å². The van der Waals surface area contributed by atoms with Crippen molar-refractivity contribution in [3.63, 3.8) is 0 Å². The van der Waals surface area contributed by atoms with Crippen LogP contribution in [0.4, 0.5) is 10.1 Å². The summed E-state index contributed by atoms with van der Waals surface area (Å²) in [5.41, 5.74) is 6.78. The van der Waals surface area contributed by atoms with E-state index in [2.05, 4.69) is 18.4 Å². The van der Waals surface area contributed by atoms with Crippen molar-refractivity contribution in [2.45, 2.75) is 26.3 Å². The molecule has 1 heterocycles. The van der Waals surface area contributed by atoms with Crippen molar-refractivity contribution in [2.24, 2.45) is 0 Å². The van der Waals surface area contributed by atoms with Gasteiger partial charge in [0.15, 0.2) is 0 Å². The predicted molar refractivity (Wildman–Crippen MR) is 61.3 cm³/mol. The lowest BCUT2D eigenvalue weighted by molar-refractivity contribution is 0.548. The normalized spacial score (nSPS) is 13.3. The van der Waals surface area contributed by atoms with Crippen molar-refractivity contribution in [1.29, 1.82) is 0 Å². The van der Waals surface area contributed by atoms with Gasteiger partial charge in [0.05, 0.1) is 11.2 Å². The second-order valence-corrected chi connectivity index (χ2v) is 3.91. The summed E-state index contributed by atoms with van der Waals surface area (Å²) in [6.45, 7) is 4.27. The van der Waals surface area contributed by atoms with Gasteiger partial charge in [0, 0.05) is 17.6 Å². The average Bonchev–Trinajstić information content (AvgIpc) is 2.61. The zero-order chi connectivity index (χ0) is 11.0. The molecule has 0 saturated heterocycles. The van der Waals surface area contributed by atoms with Gasteiger partial charge >= 0.3 is 0 Å². The quantitative estimate of drug-likeness (QED) is 0.751. The molecule has 0 bridgehead atoms. The highest BCUT2D eigenvalue weighted by molar-refractivity contribution is 5.83. The number of rotatable bonds is 2. The third-order valence-corrected chi connectivity index (χ3v) is 2.90. The van der Waals surface area contributed by atoms with Crippen LogP contribution in [0.15, 0.2) is 24.4 Å². The maximum atomic E-state index is 13.2. The molecule has 0 amide bonds. The van der Waals surface area contributed by atoms with Gasteiger partial charge in [-0.2, -0.15) is 0 Å². The van der Waals surface area contributed by atoms with E-state index >= 15 is 0 Å². The summed E-state index contributed by atoms with van der Waals surface area (Å²) in [4.78, 5) is 0. The smallest absolute Gasteiger partial charge is 0.146 e. The van der Waals surface area contributed by atoms with E-state index in [1.807, 2.05) is 12.3 Å². The number of anilines is 1. The minimum Gasteiger partial charge on any atom is -0.396 e. The van der Waals surface area contributed by atoms with Crippen LogP contribution in [-0.2, 0) is 0 Å². The molecule has 0 spiro atoms. The van der Waals surface area contributed by atoms with Gasteiger partial charge in [-0.05, 0) is 31.5 Å². The minimum atomic E-state index is -0.343. The fourth-order valence-electron chi connectivity index (χ4n) is 1.77. The van der Waals surface area contributed by atoms with E-state index in [4.69, 9.17) is 5.73 Å². The van der Waals surface area contributed by atoms with Crippen molar-refractivity contribution in [3.05, 3.63) is 30.2 Å². The predicted octanol–water partition coefficient (Wildman–Crippen LogP) is 3.33. The third kappa shape index (κ3) is 1.58. The van der Waals surface area contributed by atoms with Crippen LogP contribution in [0, 0.1) is 5.82 Å². The molecule has 1 atom stereocenters. The fraction of sp³-hybridized carbons (Fsp3) is 0.333. The Balaban J connectivity index is 2.64. The number of hydrogen-bond acceptors (Lipinski definition) is 1. The van der Waals surface area contributed by atoms with Crippen LogP contribution in [-0.4, -0.2) is 4.57 Å². The van der Waals surface area contributed by atoms with Gasteiger partial charge in [-0.1, -0.05) is 6.92 Å². The molecule has 2 N–H and O–H groups in total. The van der Waals surface area contributed by atoms with Crippen LogP contribution in [0.1, 0.15) is 26.3 Å². The molecule has 1 aromatic carbocycles. The molecule has 2 aromatic rings. The number of aromatic nitrogens is 1. The largest absolute Gasteiger partial charge is 0.396 e. The average molecular weight is 206 g/mol. The summed E-state index contributed by atoms with van der Waals surface area (Å²) in [5, 5.41) is 0.905. The Labute approximate surface area is 88.5 Å². The van der Waals surface area contributed by atoms with E-state index in [0.717, 1.165) is 17.3 Å². The monoisotopic (exact) mass is 206 g/mol. The lowest BCUT2D eigenvalue weighted by Gasteiger charge is -2.13. The molecule has 2 rings (SSSR count). The van der Waals surface area contributed by atoms with Crippen molar-refractivity contribution in [3.8, 4) is 0 Å². The van der Waals surface area contributed by atoms with Gasteiger partial charge in [0.2, 0.25) is 0 Å². The molecule has 0 saturated carbocycles. The molecule has 3 heteroatoms. The van der Waals surface area contributed by atoms with Gasteiger partial charge in [0.1, 0.15) is 5.82 Å². The van der Waals surface area contributed by atoms with Crippen LogP contribution in [0.2, 0.25) is 0 Å². The Kier molecular flexibility index (Phi) is 2.39. The molecule has 0 aliphatic rings. The van der Waals surface area contributed by atoms with Gasteiger partial charge in [-0.15, -0.1) is 0 Å². The lowest BCUT2D eigenvalue weighted by Crippen LogP contribution is -2.02. The minimum absolute atomic E-state index is 0.214. The van der Waals surface area contributed by atoms with E-state index < -0.39 is 0 Å². The number of nitrogen functional groups attached to an aromatic ring is 1. The number of fused-ring (bicyclic) bond motifs is 1. The van der Waals surface area contributed by atoms with Crippen LogP contribution in [0.25, 0.3) is 10.9 Å². The highest BCUT2D eigenvalue weighted by Gasteiger charge is 2.08. The Morgan fingerprint density at radius 2 is 2.20 bits per heavy atom. The SMILES string of the molecule is CCC(C)n1ccc2cc(F)c(N)cc21. The fourth-order valence-corrected chi connectivity index (χ4v) is 1.77. The second-order valence-electron chi connectivity index (χ2n) is 3.91. The molecule has 1 unspecified atom stereocenters. The molecular formula is C12H15FN2. The first-order valence-electron chi connectivity index (χ1n) is 5.19. The summed E-state index contributed by atoms with van der Waals surface area (Å²) in [7, 11) is 0. The molecule has 15 heavy (non-hydrogen) atoms. The first-order chi connectivity index (χ1) is 7.13. The summed E-state index contributed by atoms with van der Waals surface area (Å²) in [6.07, 6.45) is 3.03. The first-order valence-corrected chi connectivity index (χ1v) is 5.19. The van der Waals surface area contributed by atoms with E-state index in [0.29, 0.717) is 6.04 Å². The third-order valence-electron chi connectivity index (χ3n) is 2.90. The highest BCUT2D eigenvalue weighted by Crippen LogP contribution is 2.25. The van der Waals surface area contributed by atoms with Crippen LogP contribution in [0.5, 0.6) is 0 Å².